The van der Waals surface area contributed by atoms with E-state index in [1.165, 1.54) is 24.9 Å². The molecule has 4 rings (SSSR count). The second kappa shape index (κ2) is 10.7. The van der Waals surface area contributed by atoms with E-state index in [0.717, 1.165) is 17.4 Å². The van der Waals surface area contributed by atoms with Crippen LogP contribution in [-0.2, 0) is 21.7 Å². The third kappa shape index (κ3) is 4.50. The van der Waals surface area contributed by atoms with Gasteiger partial charge >= 0.3 is 21.7 Å². The molecule has 1 saturated carbocycles. The second-order valence-electron chi connectivity index (χ2n) is 7.23. The van der Waals surface area contributed by atoms with Crippen LogP contribution in [0, 0.1) is 24.2 Å². The molecule has 0 nitrogen and oxygen atoms in total. The molecule has 0 radical (unpaired) electrons. The first-order valence-corrected chi connectivity index (χ1v) is 11.1. The molecule has 0 bridgehead atoms. The van der Waals surface area contributed by atoms with Gasteiger partial charge in [0, 0.05) is 0 Å². The maximum Gasteiger partial charge on any atom is 4.00 e. The van der Waals surface area contributed by atoms with E-state index in [4.69, 9.17) is 0 Å². The Morgan fingerprint density at radius 2 is 1.52 bits per heavy atom. The van der Waals surface area contributed by atoms with Crippen molar-refractivity contribution in [2.24, 2.45) is 17.8 Å². The molecule has 2 aliphatic carbocycles. The summed E-state index contributed by atoms with van der Waals surface area (Å²) in [6.07, 6.45) is 15.1. The van der Waals surface area contributed by atoms with Gasteiger partial charge in [-0.15, -0.1) is 12.0 Å². The van der Waals surface area contributed by atoms with E-state index in [-0.39, 0.29) is 58.9 Å². The van der Waals surface area contributed by atoms with Gasteiger partial charge < -0.3 is 43.6 Å². The number of benzene rings is 1. The smallest absolute Gasteiger partial charge is 1.00 e. The molecule has 5 heteroatoms. The minimum Gasteiger partial charge on any atom is -1.00 e. The molecule has 1 heterocycles. The fourth-order valence-electron chi connectivity index (χ4n) is 5.48. The molecule has 25 heavy (non-hydrogen) atoms. The zero-order valence-corrected chi connectivity index (χ0v) is 19.4. The van der Waals surface area contributed by atoms with Crippen LogP contribution in [-0.4, -0.2) is 8.07 Å². The van der Waals surface area contributed by atoms with Crippen molar-refractivity contribution in [2.75, 3.05) is 0 Å². The van der Waals surface area contributed by atoms with Crippen LogP contribution in [0.1, 0.15) is 19.8 Å². The maximum absolute atomic E-state index is 2.64. The summed E-state index contributed by atoms with van der Waals surface area (Å²) in [6.45, 7) is 2.49. The molecule has 0 amide bonds. The molecule has 0 N–H and O–H groups in total. The molecular weight excluding hydrogens is 423 g/mol. The summed E-state index contributed by atoms with van der Waals surface area (Å²) in [5.41, 5.74) is 0.911. The molecule has 2 fully saturated rings. The van der Waals surface area contributed by atoms with Gasteiger partial charge in [-0.3, -0.25) is 0 Å². The molecule has 3 aliphatic rings. The predicted octanol–water partition coefficient (Wildman–Crippen LogP) is -4.27. The SMILES string of the molecule is CC1[CH-]C2C=CC=CC2C1[Si]1(c2ccccc2)CCCC1.[Cl-].[Cl-].[Cl-].[Ti+4]. The third-order valence-electron chi connectivity index (χ3n) is 6.21. The monoisotopic (exact) mass is 446 g/mol. The molecule has 0 aromatic heterocycles. The summed E-state index contributed by atoms with van der Waals surface area (Å²) >= 11 is 0. The average molecular weight is 448 g/mol. The average Bonchev–Trinajstić information content (AvgIpc) is 3.12. The van der Waals surface area contributed by atoms with E-state index < -0.39 is 8.07 Å². The number of halogens is 3. The summed E-state index contributed by atoms with van der Waals surface area (Å²) in [5.74, 6) is 2.25. The Labute approximate surface area is 187 Å². The van der Waals surface area contributed by atoms with Crippen LogP contribution in [0.5, 0.6) is 0 Å². The maximum atomic E-state index is 2.64. The summed E-state index contributed by atoms with van der Waals surface area (Å²) in [5, 5.41) is 1.73. The van der Waals surface area contributed by atoms with E-state index >= 15 is 0 Å². The van der Waals surface area contributed by atoms with Crippen molar-refractivity contribution < 1.29 is 58.9 Å². The van der Waals surface area contributed by atoms with Crippen molar-refractivity contribution in [2.45, 2.75) is 37.4 Å². The van der Waals surface area contributed by atoms with Gasteiger partial charge in [0.15, 0.2) is 0 Å². The molecule has 1 saturated heterocycles. The van der Waals surface area contributed by atoms with Crippen LogP contribution >= 0.6 is 0 Å². The third-order valence-corrected chi connectivity index (χ3v) is 12.4. The quantitative estimate of drug-likeness (QED) is 0.318. The molecule has 0 spiro atoms. The predicted molar refractivity (Wildman–Crippen MR) is 93.2 cm³/mol. The first-order chi connectivity index (χ1) is 10.3. The van der Waals surface area contributed by atoms with E-state index in [0.29, 0.717) is 5.92 Å². The van der Waals surface area contributed by atoms with Crippen LogP contribution in [0.2, 0.25) is 17.6 Å². The van der Waals surface area contributed by atoms with E-state index in [2.05, 4.69) is 68.0 Å². The van der Waals surface area contributed by atoms with Crippen molar-refractivity contribution in [3.05, 3.63) is 61.1 Å². The van der Waals surface area contributed by atoms with Crippen LogP contribution in [0.25, 0.3) is 0 Å². The molecule has 134 valence electrons. The van der Waals surface area contributed by atoms with Crippen molar-refractivity contribution in [1.29, 1.82) is 0 Å². The molecule has 1 aromatic rings. The molecule has 1 aliphatic heterocycles. The van der Waals surface area contributed by atoms with Gasteiger partial charge in [-0.2, -0.15) is 5.92 Å². The molecular formula is C20H25Cl3SiTi. The van der Waals surface area contributed by atoms with Crippen LogP contribution in [0.3, 0.4) is 0 Å². The Bertz CT molecular complexity index is 570. The summed E-state index contributed by atoms with van der Waals surface area (Å²) in [6, 6.07) is 14.6. The van der Waals surface area contributed by atoms with Gasteiger partial charge in [0.1, 0.15) is 0 Å². The number of hydrogen-bond donors (Lipinski definition) is 0. The Morgan fingerprint density at radius 3 is 2.16 bits per heavy atom. The Hall–Kier alpha value is 0.501. The first-order valence-electron chi connectivity index (χ1n) is 8.57. The minimum atomic E-state index is -1.36. The van der Waals surface area contributed by atoms with E-state index in [1.54, 1.807) is 5.19 Å². The van der Waals surface area contributed by atoms with Gasteiger partial charge in [-0.25, -0.2) is 0 Å². The summed E-state index contributed by atoms with van der Waals surface area (Å²) < 4.78 is 0. The Balaban J connectivity index is 0.00000144. The molecule has 4 unspecified atom stereocenters. The van der Waals surface area contributed by atoms with E-state index in [1.807, 2.05) is 0 Å². The number of hydrogen-bond acceptors (Lipinski definition) is 0. The minimum absolute atomic E-state index is 0. The van der Waals surface area contributed by atoms with E-state index in [9.17, 15) is 0 Å². The van der Waals surface area contributed by atoms with Crippen molar-refractivity contribution >= 4 is 13.3 Å². The van der Waals surface area contributed by atoms with Gasteiger partial charge in [0.2, 0.25) is 0 Å². The van der Waals surface area contributed by atoms with Gasteiger partial charge in [-0.1, -0.05) is 91.1 Å². The largest absolute Gasteiger partial charge is 4.00 e. The Morgan fingerprint density at radius 1 is 0.920 bits per heavy atom. The zero-order chi connectivity index (χ0) is 14.3. The molecule has 1 aromatic carbocycles. The zero-order valence-electron chi connectivity index (χ0n) is 14.5. The number of allylic oxidation sites excluding steroid dienone is 4. The molecule has 4 atom stereocenters. The number of fused-ring (bicyclic) bond motifs is 1. The fourth-order valence-corrected chi connectivity index (χ4v) is 12.2. The topological polar surface area (TPSA) is 0 Å². The fraction of sp³-hybridized carbons (Fsp3) is 0.450. The van der Waals surface area contributed by atoms with Crippen LogP contribution < -0.4 is 42.4 Å². The van der Waals surface area contributed by atoms with Crippen molar-refractivity contribution in [3.63, 3.8) is 0 Å². The van der Waals surface area contributed by atoms with Gasteiger partial charge in [0.25, 0.3) is 0 Å². The van der Waals surface area contributed by atoms with Crippen molar-refractivity contribution in [3.8, 4) is 0 Å². The normalized spacial score (nSPS) is 30.9. The van der Waals surface area contributed by atoms with Gasteiger partial charge in [0.05, 0.1) is 8.07 Å². The summed E-state index contributed by atoms with van der Waals surface area (Å²) in [4.78, 5) is 0. The number of rotatable bonds is 2. The van der Waals surface area contributed by atoms with Crippen molar-refractivity contribution in [1.82, 2.24) is 0 Å². The standard InChI is InChI=1S/C20H25Si.3ClH.Ti/c1-16-15-17-9-5-6-12-19(17)20(16)21(13-7-8-14-21)18-10-3-2-4-11-18;;;;/h2-6,9-12,15-17,19-20H,7-8,13-14H2,1H3;3*1H;/q-1;;;;+4/p-3. The van der Waals surface area contributed by atoms with Crippen LogP contribution in [0.4, 0.5) is 0 Å². The van der Waals surface area contributed by atoms with Crippen LogP contribution in [0.15, 0.2) is 54.6 Å². The second-order valence-corrected chi connectivity index (χ2v) is 11.8. The summed E-state index contributed by atoms with van der Waals surface area (Å²) in [7, 11) is -1.36. The Kier molecular flexibility index (Phi) is 11.0. The van der Waals surface area contributed by atoms with Gasteiger partial charge in [-0.05, 0) is 5.92 Å². The first kappa shape index (κ1) is 25.5.